The Morgan fingerprint density at radius 3 is 2.12 bits per heavy atom. The Bertz CT molecular complexity index is 1350. The van der Waals surface area contributed by atoms with E-state index in [0.29, 0.717) is 5.56 Å². The summed E-state index contributed by atoms with van der Waals surface area (Å²) in [5, 5.41) is 51.0. The molecule has 0 unspecified atom stereocenters. The van der Waals surface area contributed by atoms with Gasteiger partial charge in [0.1, 0.15) is 18.8 Å². The van der Waals surface area contributed by atoms with E-state index in [4.69, 9.17) is 23.7 Å². The molecule has 1 saturated heterocycles. The van der Waals surface area contributed by atoms with Crippen LogP contribution in [0.2, 0.25) is 0 Å². The lowest BCUT2D eigenvalue weighted by atomic mass is 9.98. The first-order valence-electron chi connectivity index (χ1n) is 12.1. The summed E-state index contributed by atoms with van der Waals surface area (Å²) in [5.74, 6) is -6.11. The molecule has 0 amide bonds. The number of hydrogen-bond acceptors (Lipinski definition) is 14. The van der Waals surface area contributed by atoms with Crippen LogP contribution in [0.4, 0.5) is 0 Å². The van der Waals surface area contributed by atoms with E-state index in [1.165, 1.54) is 24.3 Å². The smallest absolute Gasteiger partial charge is 0.303 e. The van der Waals surface area contributed by atoms with Gasteiger partial charge < -0.3 is 49.2 Å². The molecule has 1 aliphatic rings. The number of ether oxygens (including phenoxy) is 5. The Morgan fingerprint density at radius 1 is 0.854 bits per heavy atom. The number of aromatic hydroxyl groups is 4. The molecule has 5 atom stereocenters. The Hall–Kier alpha value is -4.82. The second-order valence-electron chi connectivity index (χ2n) is 8.86. The van der Waals surface area contributed by atoms with Crippen molar-refractivity contribution >= 4 is 29.8 Å². The molecule has 1 aliphatic heterocycles. The first kappa shape index (κ1) is 30.7. The third-order valence-corrected chi connectivity index (χ3v) is 5.72. The van der Waals surface area contributed by atoms with E-state index in [-0.39, 0.29) is 11.3 Å². The molecule has 3 rings (SSSR count). The molecular formula is C27H28O14. The van der Waals surface area contributed by atoms with Gasteiger partial charge in [-0.3, -0.25) is 19.2 Å². The van der Waals surface area contributed by atoms with Crippen LogP contribution in [0, 0.1) is 0 Å². The van der Waals surface area contributed by atoms with Crippen LogP contribution in [0.5, 0.6) is 28.7 Å². The van der Waals surface area contributed by atoms with Gasteiger partial charge in [-0.25, -0.2) is 0 Å². The number of aliphatic hydroxyl groups excluding tert-OH is 1. The molecule has 1 heterocycles. The van der Waals surface area contributed by atoms with Gasteiger partial charge in [-0.2, -0.15) is 0 Å². The molecular weight excluding hydrogens is 548 g/mol. The molecule has 2 aromatic rings. The predicted molar refractivity (Wildman–Crippen MR) is 136 cm³/mol. The summed E-state index contributed by atoms with van der Waals surface area (Å²) in [5.41, 5.74) is 0.0232. The SMILES string of the molecule is CC(=O)OC[C@H]1O[C@@H](Oc2ccc(C(=O)C=Cc3ccc(O)c(O)c3)c(O)c2O)[C@H](OC(C)=O)[C@@H](O)[C@@H]1OC(C)=O. The zero-order valence-electron chi connectivity index (χ0n) is 22.0. The van der Waals surface area contributed by atoms with E-state index in [1.54, 1.807) is 0 Å². The average molecular weight is 577 g/mol. The van der Waals surface area contributed by atoms with Crippen molar-refractivity contribution < 1.29 is 68.4 Å². The Kier molecular flexibility index (Phi) is 9.76. The van der Waals surface area contributed by atoms with Crippen LogP contribution in [0.15, 0.2) is 36.4 Å². The summed E-state index contributed by atoms with van der Waals surface area (Å²) in [6.07, 6.45) is -5.41. The number of aliphatic hydroxyl groups is 1. The molecule has 1 fully saturated rings. The predicted octanol–water partition coefficient (Wildman–Crippen LogP) is 1.30. The van der Waals surface area contributed by atoms with Gasteiger partial charge in [0.05, 0.1) is 5.56 Å². The topological polar surface area (TPSA) is 216 Å². The number of allylic oxidation sites excluding steroid dienone is 1. The van der Waals surface area contributed by atoms with E-state index >= 15 is 0 Å². The Balaban J connectivity index is 1.87. The van der Waals surface area contributed by atoms with E-state index < -0.39 is 84.0 Å². The van der Waals surface area contributed by atoms with E-state index in [0.717, 1.165) is 39.0 Å². The number of benzene rings is 2. The highest BCUT2D eigenvalue weighted by Gasteiger charge is 2.51. The van der Waals surface area contributed by atoms with E-state index in [9.17, 15) is 44.7 Å². The number of esters is 3. The molecule has 0 bridgehead atoms. The van der Waals surface area contributed by atoms with Crippen LogP contribution in [-0.2, 0) is 33.3 Å². The van der Waals surface area contributed by atoms with Gasteiger partial charge in [-0.1, -0.05) is 12.1 Å². The van der Waals surface area contributed by atoms with Gasteiger partial charge in [0.25, 0.3) is 0 Å². The maximum atomic E-state index is 12.6. The van der Waals surface area contributed by atoms with Gasteiger partial charge in [0.15, 0.2) is 41.0 Å². The van der Waals surface area contributed by atoms with Crippen molar-refractivity contribution in [3.63, 3.8) is 0 Å². The number of phenolic OH excluding ortho intramolecular Hbond substituents is 4. The molecule has 220 valence electrons. The zero-order chi connectivity index (χ0) is 30.4. The molecule has 2 aromatic carbocycles. The molecule has 14 nitrogen and oxygen atoms in total. The van der Waals surface area contributed by atoms with Gasteiger partial charge in [-0.05, 0) is 35.9 Å². The third-order valence-electron chi connectivity index (χ3n) is 5.72. The van der Waals surface area contributed by atoms with Crippen molar-refractivity contribution in [1.82, 2.24) is 0 Å². The van der Waals surface area contributed by atoms with E-state index in [1.807, 2.05) is 0 Å². The van der Waals surface area contributed by atoms with Crippen LogP contribution >= 0.6 is 0 Å². The van der Waals surface area contributed by atoms with Crippen LogP contribution in [0.3, 0.4) is 0 Å². The lowest BCUT2D eigenvalue weighted by Crippen LogP contribution is -2.62. The number of ketones is 1. The molecule has 41 heavy (non-hydrogen) atoms. The van der Waals surface area contributed by atoms with Crippen LogP contribution in [0.1, 0.15) is 36.7 Å². The van der Waals surface area contributed by atoms with Crippen LogP contribution in [-0.4, -0.2) is 86.5 Å². The van der Waals surface area contributed by atoms with Crippen molar-refractivity contribution in [3.05, 3.63) is 47.5 Å². The van der Waals surface area contributed by atoms with Crippen LogP contribution in [0.25, 0.3) is 6.08 Å². The molecule has 5 N–H and O–H groups in total. The summed E-state index contributed by atoms with van der Waals surface area (Å²) in [7, 11) is 0. The largest absolute Gasteiger partial charge is 0.504 e. The van der Waals surface area contributed by atoms with Crippen molar-refractivity contribution in [3.8, 4) is 28.7 Å². The summed E-state index contributed by atoms with van der Waals surface area (Å²) in [6.45, 7) is 2.72. The Labute approximate surface area is 232 Å². The summed E-state index contributed by atoms with van der Waals surface area (Å²) >= 11 is 0. The highest BCUT2D eigenvalue weighted by molar-refractivity contribution is 6.09. The first-order chi connectivity index (χ1) is 19.3. The monoisotopic (exact) mass is 576 g/mol. The minimum Gasteiger partial charge on any atom is -0.504 e. The number of rotatable bonds is 9. The second-order valence-corrected chi connectivity index (χ2v) is 8.86. The molecule has 0 spiro atoms. The lowest BCUT2D eigenvalue weighted by molar-refractivity contribution is -0.285. The number of hydrogen-bond donors (Lipinski definition) is 5. The fourth-order valence-electron chi connectivity index (χ4n) is 3.86. The standard InChI is InChI=1S/C27H28O14/c1-12(28)37-11-21-25(38-13(2)29)24(36)26(39-14(3)30)27(41-21)40-20-9-6-16(22(34)23(20)35)17(31)7-4-15-5-8-18(32)19(33)10-15/h4-10,21,24-27,32-36H,11H2,1-3H3/t21-,24+,25-,26-,27-/m1/s1. The third kappa shape index (κ3) is 7.64. The first-order valence-corrected chi connectivity index (χ1v) is 12.1. The quantitative estimate of drug-likeness (QED) is 0.0935. The summed E-state index contributed by atoms with van der Waals surface area (Å²) in [4.78, 5) is 47.3. The average Bonchev–Trinajstić information content (AvgIpc) is 2.89. The van der Waals surface area contributed by atoms with Crippen molar-refractivity contribution in [2.24, 2.45) is 0 Å². The summed E-state index contributed by atoms with van der Waals surface area (Å²) < 4.78 is 26.4. The molecule has 0 aliphatic carbocycles. The van der Waals surface area contributed by atoms with Crippen molar-refractivity contribution in [2.75, 3.05) is 6.61 Å². The van der Waals surface area contributed by atoms with E-state index in [2.05, 4.69) is 0 Å². The number of carbonyl (C=O) groups excluding carboxylic acids is 4. The molecule has 0 aromatic heterocycles. The molecule has 0 saturated carbocycles. The van der Waals surface area contributed by atoms with Gasteiger partial charge in [0, 0.05) is 20.8 Å². The Morgan fingerprint density at radius 2 is 1.51 bits per heavy atom. The normalized spacial score (nSPS) is 22.1. The maximum absolute atomic E-state index is 12.6. The molecule has 0 radical (unpaired) electrons. The zero-order valence-corrected chi connectivity index (χ0v) is 22.0. The lowest BCUT2D eigenvalue weighted by Gasteiger charge is -2.42. The maximum Gasteiger partial charge on any atom is 0.303 e. The highest BCUT2D eigenvalue weighted by atomic mass is 16.7. The number of phenols is 4. The fraction of sp³-hybridized carbons (Fsp3) is 0.333. The minimum atomic E-state index is -1.73. The second kappa shape index (κ2) is 13.0. The van der Waals surface area contributed by atoms with Crippen molar-refractivity contribution in [1.29, 1.82) is 0 Å². The molecule has 14 heteroatoms. The fourth-order valence-corrected chi connectivity index (χ4v) is 3.86. The summed E-state index contributed by atoms with van der Waals surface area (Å²) in [6, 6.07) is 6.05. The van der Waals surface area contributed by atoms with Gasteiger partial charge >= 0.3 is 17.9 Å². The van der Waals surface area contributed by atoms with Crippen molar-refractivity contribution in [2.45, 2.75) is 51.5 Å². The minimum absolute atomic E-state index is 0.335. The van der Waals surface area contributed by atoms with Crippen LogP contribution < -0.4 is 4.74 Å². The highest BCUT2D eigenvalue weighted by Crippen LogP contribution is 2.40. The van der Waals surface area contributed by atoms with Gasteiger partial charge in [0.2, 0.25) is 12.0 Å². The van der Waals surface area contributed by atoms with Gasteiger partial charge in [-0.15, -0.1) is 0 Å². The number of carbonyl (C=O) groups is 4.